The number of sulfonamides is 1. The van der Waals surface area contributed by atoms with Gasteiger partial charge in [0, 0.05) is 47.6 Å². The van der Waals surface area contributed by atoms with Crippen LogP contribution in [0.25, 0.3) is 10.9 Å². The summed E-state index contributed by atoms with van der Waals surface area (Å²) in [6.07, 6.45) is 0.523. The van der Waals surface area contributed by atoms with E-state index in [-0.39, 0.29) is 11.4 Å². The zero-order chi connectivity index (χ0) is 33.0. The molecule has 244 valence electrons. The lowest BCUT2D eigenvalue weighted by Crippen LogP contribution is -2.39. The first-order chi connectivity index (χ1) is 21.9. The predicted octanol–water partition coefficient (Wildman–Crippen LogP) is 5.16. The molecule has 5 rings (SSSR count). The summed E-state index contributed by atoms with van der Waals surface area (Å²) in [7, 11) is -4.52. The van der Waals surface area contributed by atoms with Crippen molar-refractivity contribution in [2.45, 2.75) is 31.7 Å². The average Bonchev–Trinajstić information content (AvgIpc) is 3.38. The van der Waals surface area contributed by atoms with Gasteiger partial charge in [0.25, 0.3) is 21.6 Å². The predicted molar refractivity (Wildman–Crippen MR) is 174 cm³/mol. The Labute approximate surface area is 275 Å². The van der Waals surface area contributed by atoms with E-state index in [1.54, 1.807) is 16.8 Å². The molecule has 0 radical (unpaired) electrons. The zero-order valence-electron chi connectivity index (χ0n) is 25.1. The molecule has 13 nitrogen and oxygen atoms in total. The van der Waals surface area contributed by atoms with Gasteiger partial charge in [-0.25, -0.2) is 13.1 Å². The van der Waals surface area contributed by atoms with E-state index < -0.39 is 31.4 Å². The van der Waals surface area contributed by atoms with Crippen LogP contribution < -0.4 is 14.8 Å². The van der Waals surface area contributed by atoms with Crippen LogP contribution in [0, 0.1) is 24.0 Å². The maximum atomic E-state index is 13.3. The first-order valence-electron chi connectivity index (χ1n) is 14.4. The van der Waals surface area contributed by atoms with Crippen molar-refractivity contribution in [3.05, 3.63) is 85.5 Å². The maximum Gasteiger partial charge on any atom is 0.293 e. The highest BCUT2D eigenvalue weighted by atomic mass is 35.5. The van der Waals surface area contributed by atoms with Gasteiger partial charge in [0.1, 0.15) is 11.4 Å². The number of anilines is 1. The fraction of sp³-hybridized carbons (Fsp3) is 0.333. The number of hydrogen-bond acceptors (Lipinski definition) is 10. The van der Waals surface area contributed by atoms with Crippen LogP contribution in [0.4, 0.5) is 11.4 Å². The number of fused-ring (bicyclic) bond motifs is 1. The first-order valence-corrected chi connectivity index (χ1v) is 16.6. The van der Waals surface area contributed by atoms with E-state index in [0.29, 0.717) is 79.2 Å². The summed E-state index contributed by atoms with van der Waals surface area (Å²) >= 11 is 12.4. The van der Waals surface area contributed by atoms with E-state index in [9.17, 15) is 23.3 Å². The fourth-order valence-electron chi connectivity index (χ4n) is 5.05. The van der Waals surface area contributed by atoms with E-state index in [1.807, 2.05) is 35.6 Å². The van der Waals surface area contributed by atoms with Gasteiger partial charge >= 0.3 is 0 Å². The van der Waals surface area contributed by atoms with Crippen LogP contribution in [0.15, 0.2) is 53.4 Å². The number of rotatable bonds is 12. The van der Waals surface area contributed by atoms with Crippen molar-refractivity contribution in [2.75, 3.05) is 44.9 Å². The molecule has 0 saturated carbocycles. The van der Waals surface area contributed by atoms with Crippen molar-refractivity contribution < 1.29 is 27.6 Å². The Bertz CT molecular complexity index is 1870. The quantitative estimate of drug-likeness (QED) is 0.116. The van der Waals surface area contributed by atoms with Crippen molar-refractivity contribution in [2.24, 2.45) is 0 Å². The summed E-state index contributed by atoms with van der Waals surface area (Å²) in [5.74, 6) is -0.325. The number of carbonyl (C=O) groups excluding carboxylic acids is 1. The minimum Gasteiger partial charge on any atom is -0.494 e. The number of hydrogen-bond donors (Lipinski definition) is 2. The zero-order valence-corrected chi connectivity index (χ0v) is 27.4. The molecular weight excluding hydrogens is 659 g/mol. The Hall–Kier alpha value is -3.95. The number of ether oxygens (including phenoxy) is 2. The number of nitro groups is 1. The van der Waals surface area contributed by atoms with Gasteiger partial charge in [-0.1, -0.05) is 23.2 Å². The summed E-state index contributed by atoms with van der Waals surface area (Å²) in [6, 6.07) is 12.0. The van der Waals surface area contributed by atoms with Gasteiger partial charge in [0.2, 0.25) is 0 Å². The number of halogens is 2. The second-order valence-electron chi connectivity index (χ2n) is 10.7. The first kappa shape index (κ1) is 33.4. The van der Waals surface area contributed by atoms with Crippen LogP contribution in [0.5, 0.6) is 5.75 Å². The van der Waals surface area contributed by atoms with E-state index >= 15 is 0 Å². The van der Waals surface area contributed by atoms with Crippen LogP contribution in [0.3, 0.4) is 0 Å². The van der Waals surface area contributed by atoms with Crippen LogP contribution in [0.1, 0.15) is 28.0 Å². The van der Waals surface area contributed by atoms with Crippen molar-refractivity contribution in [1.29, 1.82) is 0 Å². The van der Waals surface area contributed by atoms with Crippen molar-refractivity contribution in [1.82, 2.24) is 19.4 Å². The minimum atomic E-state index is -4.52. The van der Waals surface area contributed by atoms with Crippen molar-refractivity contribution in [3.63, 3.8) is 0 Å². The molecule has 1 aromatic heterocycles. The molecule has 2 heterocycles. The summed E-state index contributed by atoms with van der Waals surface area (Å²) < 4.78 is 41.3. The second-order valence-corrected chi connectivity index (χ2v) is 13.2. The maximum absolute atomic E-state index is 13.3. The lowest BCUT2D eigenvalue weighted by atomic mass is 10.1. The van der Waals surface area contributed by atoms with E-state index in [4.69, 9.17) is 32.7 Å². The number of amides is 1. The van der Waals surface area contributed by atoms with Gasteiger partial charge in [-0.15, -0.1) is 0 Å². The van der Waals surface area contributed by atoms with Crippen LogP contribution in [0.2, 0.25) is 10.0 Å². The lowest BCUT2D eigenvalue weighted by molar-refractivity contribution is -0.384. The summed E-state index contributed by atoms with van der Waals surface area (Å²) in [6.45, 7) is 7.25. The Morgan fingerprint density at radius 2 is 1.80 bits per heavy atom. The molecule has 1 fully saturated rings. The Kier molecular flexibility index (Phi) is 10.3. The molecule has 1 aliphatic heterocycles. The van der Waals surface area contributed by atoms with Gasteiger partial charge in [-0.2, -0.15) is 5.10 Å². The summed E-state index contributed by atoms with van der Waals surface area (Å²) in [5, 5.41) is 20.6. The van der Waals surface area contributed by atoms with Crippen LogP contribution >= 0.6 is 23.2 Å². The number of morpholine rings is 1. The molecule has 1 aliphatic rings. The number of nitro benzene ring substituents is 1. The Morgan fingerprint density at radius 1 is 1.09 bits per heavy atom. The molecule has 3 aromatic carbocycles. The van der Waals surface area contributed by atoms with E-state index in [0.717, 1.165) is 17.2 Å². The molecule has 0 spiro atoms. The standard InChI is InChI=1S/C30H32Cl2N6O7S/c1-19-14-22(15-20(2)28(19)32)45-11-3-8-37-26-7-4-21(31)16-24(26)29(34-37)30(39)35-46(42,43)23-5-6-25(27(17-23)38(40)41)33-18-36-9-12-44-13-10-36/h4-7,14-17,33H,3,8-13,18H2,1-2H3,(H,35,39). The Balaban J connectivity index is 1.30. The molecule has 0 aliphatic carbocycles. The number of benzene rings is 3. The normalized spacial score (nSPS) is 13.9. The molecule has 1 amide bonds. The average molecular weight is 692 g/mol. The molecule has 0 unspecified atom stereocenters. The molecule has 0 atom stereocenters. The number of aromatic nitrogens is 2. The number of carbonyl (C=O) groups is 1. The highest BCUT2D eigenvalue weighted by molar-refractivity contribution is 7.90. The number of aryl methyl sites for hydroxylation is 3. The highest BCUT2D eigenvalue weighted by Crippen LogP contribution is 2.29. The smallest absolute Gasteiger partial charge is 0.293 e. The van der Waals surface area contributed by atoms with E-state index in [1.165, 1.54) is 18.2 Å². The largest absolute Gasteiger partial charge is 0.494 e. The van der Waals surface area contributed by atoms with Gasteiger partial charge < -0.3 is 14.8 Å². The van der Waals surface area contributed by atoms with Gasteiger partial charge in [-0.05, 0) is 67.4 Å². The topological polar surface area (TPSA) is 158 Å². The van der Waals surface area contributed by atoms with E-state index in [2.05, 4.69) is 10.4 Å². The lowest BCUT2D eigenvalue weighted by Gasteiger charge is -2.26. The summed E-state index contributed by atoms with van der Waals surface area (Å²) in [5.41, 5.74) is 1.91. The third-order valence-electron chi connectivity index (χ3n) is 7.42. The Morgan fingerprint density at radius 3 is 2.50 bits per heavy atom. The van der Waals surface area contributed by atoms with Crippen molar-refractivity contribution >= 4 is 61.4 Å². The highest BCUT2D eigenvalue weighted by Gasteiger charge is 2.27. The number of nitrogens with one attached hydrogen (secondary N) is 2. The molecule has 2 N–H and O–H groups in total. The minimum absolute atomic E-state index is 0.145. The summed E-state index contributed by atoms with van der Waals surface area (Å²) in [4.78, 5) is 26.0. The molecule has 0 bridgehead atoms. The van der Waals surface area contributed by atoms with Crippen LogP contribution in [-0.4, -0.2) is 73.5 Å². The number of nitrogens with zero attached hydrogens (tertiary/aromatic N) is 4. The van der Waals surface area contributed by atoms with Gasteiger partial charge in [-0.3, -0.25) is 24.5 Å². The van der Waals surface area contributed by atoms with Gasteiger partial charge in [0.05, 0.1) is 41.8 Å². The SMILES string of the molecule is Cc1cc(OCCCn2nc(C(=O)NS(=O)(=O)c3ccc(NCN4CCOCC4)c([N+](=O)[O-])c3)c3cc(Cl)ccc32)cc(C)c1Cl. The van der Waals surface area contributed by atoms with Gasteiger partial charge in [0.15, 0.2) is 5.69 Å². The molecule has 4 aromatic rings. The van der Waals surface area contributed by atoms with Crippen LogP contribution in [-0.2, 0) is 21.3 Å². The third-order valence-corrected chi connectivity index (χ3v) is 9.58. The third kappa shape index (κ3) is 7.70. The molecule has 46 heavy (non-hydrogen) atoms. The molecule has 1 saturated heterocycles. The second kappa shape index (κ2) is 14.2. The monoisotopic (exact) mass is 690 g/mol. The fourth-order valence-corrected chi connectivity index (χ4v) is 6.30. The van der Waals surface area contributed by atoms with Crippen molar-refractivity contribution in [3.8, 4) is 5.75 Å². The molecule has 16 heteroatoms. The molecular formula is C30H32Cl2N6O7S.